The third kappa shape index (κ3) is 6.56. The fraction of sp³-hybridized carbons (Fsp3) is 0.370. The molecule has 9 heteroatoms. The number of benzene rings is 2. The minimum Gasteiger partial charge on any atom is -0.427 e. The number of carbonyl (C=O) groups excluding carboxylic acids is 3. The van der Waals surface area contributed by atoms with Crippen LogP contribution in [0, 0.1) is 0 Å². The smallest absolute Gasteiger partial charge is 0.311 e. The fourth-order valence-corrected chi connectivity index (χ4v) is 4.41. The van der Waals surface area contributed by atoms with Crippen molar-refractivity contribution in [1.82, 2.24) is 15.5 Å². The van der Waals surface area contributed by atoms with Crippen molar-refractivity contribution in [2.75, 3.05) is 5.32 Å². The molecule has 0 aliphatic heterocycles. The van der Waals surface area contributed by atoms with Crippen LogP contribution in [-0.2, 0) is 21.5 Å². The van der Waals surface area contributed by atoms with E-state index in [0.29, 0.717) is 28.7 Å². The molecule has 1 saturated carbocycles. The Morgan fingerprint density at radius 3 is 2.33 bits per heavy atom. The summed E-state index contributed by atoms with van der Waals surface area (Å²) < 4.78 is 10.8. The molecule has 0 spiro atoms. The van der Waals surface area contributed by atoms with Crippen LogP contribution in [0.25, 0.3) is 0 Å². The van der Waals surface area contributed by atoms with Crippen molar-refractivity contribution in [3.05, 3.63) is 71.9 Å². The maximum absolute atomic E-state index is 12.4. The highest BCUT2D eigenvalue weighted by Gasteiger charge is 2.38. The van der Waals surface area contributed by atoms with Gasteiger partial charge in [0.25, 0.3) is 5.91 Å². The Bertz CT molecular complexity index is 1180. The minimum absolute atomic E-state index is 0.0568. The largest absolute Gasteiger partial charge is 0.427 e. The molecular weight excluding hydrogens is 460 g/mol. The van der Waals surface area contributed by atoms with Gasteiger partial charge in [-0.2, -0.15) is 4.98 Å². The molecule has 2 N–H and O–H groups in total. The van der Waals surface area contributed by atoms with Crippen LogP contribution >= 0.6 is 0 Å². The molecule has 1 aliphatic carbocycles. The van der Waals surface area contributed by atoms with Crippen molar-refractivity contribution >= 4 is 23.5 Å². The van der Waals surface area contributed by atoms with Crippen LogP contribution in [-0.4, -0.2) is 27.9 Å². The highest BCUT2D eigenvalue weighted by Crippen LogP contribution is 2.34. The third-order valence-electron chi connectivity index (χ3n) is 6.19. The second-order valence-electron chi connectivity index (χ2n) is 9.01. The normalized spacial score (nSPS) is 14.9. The van der Waals surface area contributed by atoms with E-state index in [1.165, 1.54) is 6.92 Å². The first-order chi connectivity index (χ1) is 17.4. The van der Waals surface area contributed by atoms with E-state index in [9.17, 15) is 14.4 Å². The molecule has 0 radical (unpaired) electrons. The van der Waals surface area contributed by atoms with Crippen LogP contribution in [0.5, 0.6) is 5.75 Å². The molecule has 1 heterocycles. The molecule has 1 aromatic heterocycles. The first-order valence-electron chi connectivity index (χ1n) is 12.2. The Labute approximate surface area is 209 Å². The molecule has 0 saturated heterocycles. The maximum atomic E-state index is 12.4. The van der Waals surface area contributed by atoms with Gasteiger partial charge in [-0.15, -0.1) is 0 Å². The summed E-state index contributed by atoms with van der Waals surface area (Å²) >= 11 is 0. The van der Waals surface area contributed by atoms with E-state index in [4.69, 9.17) is 9.26 Å². The predicted octanol–water partition coefficient (Wildman–Crippen LogP) is 4.55. The van der Waals surface area contributed by atoms with E-state index in [0.717, 1.165) is 38.5 Å². The molecule has 0 bridgehead atoms. The van der Waals surface area contributed by atoms with E-state index < -0.39 is 11.5 Å². The number of nitrogens with zero attached hydrogens (tertiary/aromatic N) is 2. The molecule has 9 nitrogen and oxygen atoms in total. The monoisotopic (exact) mass is 490 g/mol. The number of carbonyl (C=O) groups is 3. The predicted molar refractivity (Wildman–Crippen MR) is 132 cm³/mol. The molecule has 36 heavy (non-hydrogen) atoms. The molecular formula is C27H30N4O5. The molecule has 2 aromatic carbocycles. The first-order valence-corrected chi connectivity index (χ1v) is 12.2. The number of esters is 1. The van der Waals surface area contributed by atoms with Crippen LogP contribution < -0.4 is 15.4 Å². The van der Waals surface area contributed by atoms with Crippen molar-refractivity contribution in [2.45, 2.75) is 63.8 Å². The highest BCUT2D eigenvalue weighted by molar-refractivity contribution is 6.04. The molecule has 0 atom stereocenters. The van der Waals surface area contributed by atoms with Crippen LogP contribution in [0.15, 0.2) is 59.1 Å². The zero-order valence-electron chi connectivity index (χ0n) is 20.3. The van der Waals surface area contributed by atoms with Crippen molar-refractivity contribution < 1.29 is 23.6 Å². The number of rotatable bonds is 8. The summed E-state index contributed by atoms with van der Waals surface area (Å²) in [5, 5.41) is 9.98. The van der Waals surface area contributed by atoms with Crippen LogP contribution in [0.1, 0.15) is 73.9 Å². The van der Waals surface area contributed by atoms with E-state index in [1.807, 2.05) is 6.07 Å². The summed E-state index contributed by atoms with van der Waals surface area (Å²) in [6.07, 6.45) is 5.98. The number of anilines is 1. The third-order valence-corrected chi connectivity index (χ3v) is 6.19. The molecule has 4 rings (SSSR count). The summed E-state index contributed by atoms with van der Waals surface area (Å²) in [5.74, 6) is 0.376. The van der Waals surface area contributed by atoms with E-state index in [-0.39, 0.29) is 24.7 Å². The number of hydrogen-bond acceptors (Lipinski definition) is 7. The Hall–Kier alpha value is -4.01. The molecule has 1 fully saturated rings. The molecule has 1 aliphatic rings. The summed E-state index contributed by atoms with van der Waals surface area (Å²) in [7, 11) is 0. The Balaban J connectivity index is 1.30. The lowest BCUT2D eigenvalue weighted by Gasteiger charge is -2.30. The zero-order valence-corrected chi connectivity index (χ0v) is 20.3. The number of aromatic nitrogens is 2. The van der Waals surface area contributed by atoms with E-state index in [2.05, 4.69) is 20.8 Å². The van der Waals surface area contributed by atoms with Gasteiger partial charge in [0, 0.05) is 24.6 Å². The van der Waals surface area contributed by atoms with Gasteiger partial charge in [-0.1, -0.05) is 49.0 Å². The van der Waals surface area contributed by atoms with Gasteiger partial charge in [-0.3, -0.25) is 14.4 Å². The van der Waals surface area contributed by atoms with Crippen LogP contribution in [0.4, 0.5) is 5.69 Å². The Morgan fingerprint density at radius 2 is 1.67 bits per heavy atom. The number of amides is 2. The van der Waals surface area contributed by atoms with Gasteiger partial charge in [-0.05, 0) is 49.2 Å². The van der Waals surface area contributed by atoms with Crippen molar-refractivity contribution in [1.29, 1.82) is 0 Å². The molecule has 188 valence electrons. The lowest BCUT2D eigenvalue weighted by atomic mass is 9.89. The van der Waals surface area contributed by atoms with Gasteiger partial charge >= 0.3 is 5.97 Å². The summed E-state index contributed by atoms with van der Waals surface area (Å²) in [6, 6.07) is 15.5. The minimum atomic E-state index is -0.623. The zero-order chi connectivity index (χ0) is 25.4. The second kappa shape index (κ2) is 11.6. The summed E-state index contributed by atoms with van der Waals surface area (Å²) in [4.78, 5) is 41.0. The number of ether oxygens (including phenoxy) is 1. The second-order valence-corrected chi connectivity index (χ2v) is 9.01. The lowest BCUT2D eigenvalue weighted by molar-refractivity contribution is -0.134. The Morgan fingerprint density at radius 1 is 0.972 bits per heavy atom. The molecule has 0 unspecified atom stereocenters. The Kier molecular flexibility index (Phi) is 8.10. The average molecular weight is 491 g/mol. The highest BCUT2D eigenvalue weighted by atomic mass is 16.5. The van der Waals surface area contributed by atoms with E-state index in [1.54, 1.807) is 48.5 Å². The lowest BCUT2D eigenvalue weighted by Crippen LogP contribution is -2.45. The standard InChI is InChI=1S/C27H30N4O5/c1-19(32)30-27(17-7-2-3-8-18-27)26-29-23(36-31-26)15-16-24(33)35-22-13-11-21(12-14-22)28-25(34)20-9-5-4-6-10-20/h4-6,9-14H,2-3,7-8,15-18H2,1H3,(H,28,34)(H,30,32). The quantitative estimate of drug-likeness (QED) is 0.270. The first kappa shape index (κ1) is 25.1. The van der Waals surface area contributed by atoms with E-state index >= 15 is 0 Å². The van der Waals surface area contributed by atoms with Gasteiger partial charge in [0.15, 0.2) is 5.82 Å². The maximum Gasteiger partial charge on any atom is 0.311 e. The number of hydrogen-bond donors (Lipinski definition) is 2. The molecule has 3 aromatic rings. The van der Waals surface area contributed by atoms with Gasteiger partial charge in [0.05, 0.1) is 6.42 Å². The summed E-state index contributed by atoms with van der Waals surface area (Å²) in [6.45, 7) is 1.49. The van der Waals surface area contributed by atoms with Gasteiger partial charge in [0.2, 0.25) is 11.8 Å². The van der Waals surface area contributed by atoms with Crippen LogP contribution in [0.2, 0.25) is 0 Å². The van der Waals surface area contributed by atoms with Gasteiger partial charge in [-0.25, -0.2) is 0 Å². The number of nitrogens with one attached hydrogen (secondary N) is 2. The van der Waals surface area contributed by atoms with Crippen molar-refractivity contribution in [2.24, 2.45) is 0 Å². The van der Waals surface area contributed by atoms with Gasteiger partial charge in [0.1, 0.15) is 11.3 Å². The van der Waals surface area contributed by atoms with Crippen molar-refractivity contribution in [3.8, 4) is 5.75 Å². The molecule has 2 amide bonds. The fourth-order valence-electron chi connectivity index (χ4n) is 4.41. The van der Waals surface area contributed by atoms with Crippen LogP contribution in [0.3, 0.4) is 0 Å². The SMILES string of the molecule is CC(=O)NC1(c2noc(CCC(=O)Oc3ccc(NC(=O)c4ccccc4)cc3)n2)CCCCCC1. The topological polar surface area (TPSA) is 123 Å². The van der Waals surface area contributed by atoms with Gasteiger partial charge < -0.3 is 19.9 Å². The number of aryl methyl sites for hydroxylation is 1. The summed E-state index contributed by atoms with van der Waals surface area (Å²) in [5.41, 5.74) is 0.523. The van der Waals surface area contributed by atoms with Crippen molar-refractivity contribution in [3.63, 3.8) is 0 Å². The average Bonchev–Trinajstić information content (AvgIpc) is 3.24.